The van der Waals surface area contributed by atoms with Crippen molar-refractivity contribution in [2.75, 3.05) is 0 Å². The van der Waals surface area contributed by atoms with E-state index in [-0.39, 0.29) is 11.5 Å². The summed E-state index contributed by atoms with van der Waals surface area (Å²) in [4.78, 5) is 0. The monoisotopic (exact) mass is 326 g/mol. The lowest BCUT2D eigenvalue weighted by Crippen LogP contribution is -2.56. The molecule has 6 unspecified atom stereocenters. The number of nitrogens with one attached hydrogen (secondary N) is 1. The lowest BCUT2D eigenvalue weighted by atomic mass is 9.46. The first-order chi connectivity index (χ1) is 11.4. The second-order valence-corrected chi connectivity index (χ2v) is 9.66. The zero-order valence-electron chi connectivity index (χ0n) is 15.2. The Morgan fingerprint density at radius 1 is 1.25 bits per heavy atom. The number of fused-ring (bicyclic) bond motifs is 6. The molecule has 3 heteroatoms. The predicted molar refractivity (Wildman–Crippen MR) is 95.2 cm³/mol. The molecule has 0 radical (unpaired) electrons. The number of allylic oxidation sites excluding steroid dienone is 1. The number of aromatic nitrogens is 2. The van der Waals surface area contributed by atoms with Gasteiger partial charge in [-0.2, -0.15) is 5.10 Å². The van der Waals surface area contributed by atoms with Crippen LogP contribution < -0.4 is 0 Å². The van der Waals surface area contributed by atoms with Gasteiger partial charge in [-0.1, -0.05) is 26.3 Å². The van der Waals surface area contributed by atoms with Crippen LogP contribution in [-0.4, -0.2) is 21.4 Å². The maximum atomic E-state index is 11.3. The molecule has 3 nitrogen and oxygen atoms in total. The third-order valence-corrected chi connectivity index (χ3v) is 8.77. The van der Waals surface area contributed by atoms with Crippen molar-refractivity contribution in [2.24, 2.45) is 34.5 Å². The van der Waals surface area contributed by atoms with E-state index in [0.29, 0.717) is 17.3 Å². The van der Waals surface area contributed by atoms with Crippen LogP contribution >= 0.6 is 0 Å². The number of rotatable bonds is 0. The van der Waals surface area contributed by atoms with Gasteiger partial charge in [0.1, 0.15) is 0 Å². The molecule has 1 heterocycles. The Kier molecular flexibility index (Phi) is 3.01. The number of hydrogen-bond donors (Lipinski definition) is 2. The van der Waals surface area contributed by atoms with Crippen molar-refractivity contribution in [1.82, 2.24) is 10.2 Å². The highest BCUT2D eigenvalue weighted by atomic mass is 16.3. The molecular formula is C21H30N2O. The Morgan fingerprint density at radius 2 is 2.08 bits per heavy atom. The number of aliphatic hydroxyl groups is 1. The quantitative estimate of drug-likeness (QED) is 0.751. The van der Waals surface area contributed by atoms with E-state index in [0.717, 1.165) is 24.7 Å². The first-order valence-corrected chi connectivity index (χ1v) is 9.85. The number of hydrogen-bond acceptors (Lipinski definition) is 2. The molecule has 0 aromatic carbocycles. The number of nitrogens with zero attached hydrogens (tertiary/aromatic N) is 1. The van der Waals surface area contributed by atoms with E-state index in [1.165, 1.54) is 36.9 Å². The van der Waals surface area contributed by atoms with Gasteiger partial charge >= 0.3 is 0 Å². The van der Waals surface area contributed by atoms with Crippen LogP contribution in [0.2, 0.25) is 0 Å². The first kappa shape index (κ1) is 15.2. The van der Waals surface area contributed by atoms with Crippen molar-refractivity contribution >= 4 is 6.08 Å². The Balaban J connectivity index is 1.57. The van der Waals surface area contributed by atoms with Gasteiger partial charge in [0.05, 0.1) is 18.0 Å². The minimum atomic E-state index is -0.154. The highest BCUT2D eigenvalue weighted by Gasteiger charge is 2.61. The first-order valence-electron chi connectivity index (χ1n) is 9.85. The molecule has 24 heavy (non-hydrogen) atoms. The summed E-state index contributed by atoms with van der Waals surface area (Å²) in [6.45, 7) is 7.31. The molecule has 7 atom stereocenters. The topological polar surface area (TPSA) is 48.9 Å². The molecule has 130 valence electrons. The van der Waals surface area contributed by atoms with Crippen LogP contribution in [0.1, 0.15) is 64.1 Å². The van der Waals surface area contributed by atoms with Crippen LogP contribution in [0.25, 0.3) is 6.08 Å². The van der Waals surface area contributed by atoms with E-state index in [4.69, 9.17) is 0 Å². The van der Waals surface area contributed by atoms with Gasteiger partial charge in [-0.15, -0.1) is 0 Å². The fraction of sp³-hybridized carbons (Fsp3) is 0.762. The lowest BCUT2D eigenvalue weighted by Gasteiger charge is -2.59. The summed E-state index contributed by atoms with van der Waals surface area (Å²) < 4.78 is 0. The third kappa shape index (κ3) is 1.75. The van der Waals surface area contributed by atoms with Gasteiger partial charge in [-0.25, -0.2) is 0 Å². The smallest absolute Gasteiger partial charge is 0.0609 e. The second-order valence-electron chi connectivity index (χ2n) is 9.66. The summed E-state index contributed by atoms with van der Waals surface area (Å²) in [6, 6.07) is 0. The Labute approximate surface area is 144 Å². The van der Waals surface area contributed by atoms with E-state index in [1.54, 1.807) is 5.57 Å². The van der Waals surface area contributed by atoms with Crippen LogP contribution in [0.15, 0.2) is 11.8 Å². The van der Waals surface area contributed by atoms with E-state index in [1.807, 2.05) is 6.20 Å². The SMILES string of the molecule is C[C@@H]1CCC2C3CCC4=Cc5[nH]ncc5CC4(C)C3C(O)CC21C. The second kappa shape index (κ2) is 4.75. The zero-order valence-corrected chi connectivity index (χ0v) is 15.2. The van der Waals surface area contributed by atoms with Gasteiger partial charge < -0.3 is 5.11 Å². The largest absolute Gasteiger partial charge is 0.393 e. The predicted octanol–water partition coefficient (Wildman–Crippen LogP) is 4.20. The summed E-state index contributed by atoms with van der Waals surface area (Å²) in [5, 5.41) is 18.7. The van der Waals surface area contributed by atoms with Crippen molar-refractivity contribution in [3.05, 3.63) is 23.0 Å². The molecule has 0 spiro atoms. The van der Waals surface area contributed by atoms with Crippen LogP contribution in [0.5, 0.6) is 0 Å². The standard InChI is InChI=1S/C21H30N2O/c1-12-4-7-16-15-6-5-14-8-17-13(11-22-23-17)9-21(14,3)19(15)18(24)10-20(12,16)2/h8,11-12,15-16,18-19,24H,4-7,9-10H2,1-3H3,(H,22,23)/t12-,15?,16?,18?,19?,20?,21?/m1/s1. The molecular weight excluding hydrogens is 296 g/mol. The minimum Gasteiger partial charge on any atom is -0.393 e. The molecule has 3 fully saturated rings. The molecule has 0 aliphatic heterocycles. The molecule has 1 aromatic heterocycles. The maximum Gasteiger partial charge on any atom is 0.0609 e. The van der Waals surface area contributed by atoms with Crippen LogP contribution in [0.4, 0.5) is 0 Å². The average Bonchev–Trinajstić information content (AvgIpc) is 3.08. The van der Waals surface area contributed by atoms with Crippen molar-refractivity contribution in [3.63, 3.8) is 0 Å². The zero-order chi connectivity index (χ0) is 16.7. The van der Waals surface area contributed by atoms with E-state index in [2.05, 4.69) is 37.0 Å². The molecule has 3 saturated carbocycles. The lowest BCUT2D eigenvalue weighted by molar-refractivity contribution is -0.123. The molecule has 1 aromatic rings. The summed E-state index contributed by atoms with van der Waals surface area (Å²) in [6.07, 6.45) is 11.4. The maximum absolute atomic E-state index is 11.3. The van der Waals surface area contributed by atoms with E-state index in [9.17, 15) is 5.11 Å². The Morgan fingerprint density at radius 3 is 2.92 bits per heavy atom. The number of H-pyrrole nitrogens is 1. The third-order valence-electron chi connectivity index (χ3n) is 8.77. The van der Waals surface area contributed by atoms with Gasteiger partial charge in [-0.3, -0.25) is 5.10 Å². The number of aliphatic hydroxyl groups excluding tert-OH is 1. The molecule has 4 aliphatic rings. The summed E-state index contributed by atoms with van der Waals surface area (Å²) in [5.41, 5.74) is 4.56. The Bertz CT molecular complexity index is 706. The van der Waals surface area contributed by atoms with Gasteiger partial charge in [-0.05, 0) is 84.7 Å². The van der Waals surface area contributed by atoms with Crippen LogP contribution in [-0.2, 0) is 6.42 Å². The average molecular weight is 326 g/mol. The summed E-state index contributed by atoms with van der Waals surface area (Å²) in [5.74, 6) is 2.68. The highest BCUT2D eigenvalue weighted by molar-refractivity contribution is 5.58. The van der Waals surface area contributed by atoms with E-state index < -0.39 is 0 Å². The molecule has 5 rings (SSSR count). The molecule has 0 amide bonds. The van der Waals surface area contributed by atoms with Crippen molar-refractivity contribution < 1.29 is 5.11 Å². The van der Waals surface area contributed by atoms with Crippen LogP contribution in [0, 0.1) is 34.5 Å². The molecule has 0 bridgehead atoms. The normalized spacial score (nSPS) is 49.7. The van der Waals surface area contributed by atoms with Gasteiger partial charge in [0.25, 0.3) is 0 Å². The molecule has 0 saturated heterocycles. The van der Waals surface area contributed by atoms with Crippen molar-refractivity contribution in [3.8, 4) is 0 Å². The highest BCUT2D eigenvalue weighted by Crippen LogP contribution is 2.66. The van der Waals surface area contributed by atoms with E-state index >= 15 is 0 Å². The van der Waals surface area contributed by atoms with Gasteiger partial charge in [0.2, 0.25) is 0 Å². The molecule has 2 N–H and O–H groups in total. The van der Waals surface area contributed by atoms with Gasteiger partial charge in [0.15, 0.2) is 0 Å². The van der Waals surface area contributed by atoms with Crippen LogP contribution in [0.3, 0.4) is 0 Å². The summed E-state index contributed by atoms with van der Waals surface area (Å²) >= 11 is 0. The van der Waals surface area contributed by atoms with Crippen molar-refractivity contribution in [1.29, 1.82) is 0 Å². The summed E-state index contributed by atoms with van der Waals surface area (Å²) in [7, 11) is 0. The van der Waals surface area contributed by atoms with Gasteiger partial charge in [0, 0.05) is 0 Å². The van der Waals surface area contributed by atoms with Crippen molar-refractivity contribution in [2.45, 2.75) is 65.4 Å². The molecule has 4 aliphatic carbocycles. The Hall–Kier alpha value is -1.09. The number of aromatic amines is 1. The fourth-order valence-corrected chi connectivity index (χ4v) is 7.35. The fourth-order valence-electron chi connectivity index (χ4n) is 7.35. The minimum absolute atomic E-state index is 0.117.